The largest absolute Gasteiger partial charge is 0.462 e. The summed E-state index contributed by atoms with van der Waals surface area (Å²) in [5.74, 6) is 5.43. The van der Waals surface area contributed by atoms with E-state index in [4.69, 9.17) is 9.47 Å². The summed E-state index contributed by atoms with van der Waals surface area (Å²) < 4.78 is 11.1. The number of hydrogen-bond donors (Lipinski definition) is 0. The second-order valence-electron chi connectivity index (χ2n) is 15.1. The van der Waals surface area contributed by atoms with Crippen molar-refractivity contribution >= 4 is 11.9 Å². The fraction of sp³-hybridized carbons (Fsp3) is 0.886. The quantitative estimate of drug-likeness (QED) is 0.149. The Kier molecular flexibility index (Phi) is 9.96. The SMILES string of the molecule is C=C(C)C(=O)OCCCC(=O)OC1CC[C@@]2(C)C(CCC3C2CC[C@@]2(C)C3CC[C@@H]2[C@H](C)CCCC(C)C)C1. The smallest absolute Gasteiger partial charge is 0.333 e. The highest BCUT2D eigenvalue weighted by Gasteiger charge is 2.60. The van der Waals surface area contributed by atoms with Crippen molar-refractivity contribution in [3.05, 3.63) is 12.2 Å². The molecule has 0 heterocycles. The molecule has 9 atom stereocenters. The Morgan fingerprint density at radius 1 is 0.897 bits per heavy atom. The normalized spacial score (nSPS) is 38.3. The topological polar surface area (TPSA) is 52.6 Å². The van der Waals surface area contributed by atoms with Crippen LogP contribution in [0.25, 0.3) is 0 Å². The van der Waals surface area contributed by atoms with Crippen LogP contribution in [0.1, 0.15) is 131 Å². The van der Waals surface area contributed by atoms with Crippen LogP contribution in [0.2, 0.25) is 0 Å². The molecule has 0 saturated heterocycles. The Labute approximate surface area is 239 Å². The van der Waals surface area contributed by atoms with Gasteiger partial charge >= 0.3 is 11.9 Å². The maximum atomic E-state index is 12.5. The average Bonchev–Trinajstić information content (AvgIpc) is 3.23. The summed E-state index contributed by atoms with van der Waals surface area (Å²) >= 11 is 0. The zero-order chi connectivity index (χ0) is 28.4. The van der Waals surface area contributed by atoms with Gasteiger partial charge in [0.25, 0.3) is 0 Å². The maximum Gasteiger partial charge on any atom is 0.333 e. The summed E-state index contributed by atoms with van der Waals surface area (Å²) in [5.41, 5.74) is 1.34. The lowest BCUT2D eigenvalue weighted by molar-refractivity contribution is -0.163. The van der Waals surface area contributed by atoms with Gasteiger partial charge in [-0.25, -0.2) is 4.79 Å². The van der Waals surface area contributed by atoms with Crippen LogP contribution in [0.3, 0.4) is 0 Å². The summed E-state index contributed by atoms with van der Waals surface area (Å²) in [5, 5.41) is 0. The molecule has 222 valence electrons. The van der Waals surface area contributed by atoms with Crippen LogP contribution in [-0.2, 0) is 19.1 Å². The van der Waals surface area contributed by atoms with Crippen molar-refractivity contribution in [3.63, 3.8) is 0 Å². The molecule has 4 fully saturated rings. The lowest BCUT2D eigenvalue weighted by atomic mass is 9.44. The number of esters is 2. The van der Waals surface area contributed by atoms with Crippen LogP contribution in [0.4, 0.5) is 0 Å². The first kappa shape index (κ1) is 30.6. The minimum atomic E-state index is -0.391. The summed E-state index contributed by atoms with van der Waals surface area (Å²) in [6, 6.07) is 0. The molecule has 4 saturated carbocycles. The molecule has 0 bridgehead atoms. The van der Waals surface area contributed by atoms with Crippen LogP contribution >= 0.6 is 0 Å². The molecule has 0 amide bonds. The molecule has 4 aliphatic carbocycles. The van der Waals surface area contributed by atoms with Crippen LogP contribution in [0, 0.1) is 52.3 Å². The number of carbonyl (C=O) groups excluding carboxylic acids is 2. The highest BCUT2D eigenvalue weighted by atomic mass is 16.5. The minimum absolute atomic E-state index is 0.0569. The van der Waals surface area contributed by atoms with E-state index in [1.54, 1.807) is 6.92 Å². The fourth-order valence-electron chi connectivity index (χ4n) is 10.1. The fourth-order valence-corrected chi connectivity index (χ4v) is 10.1. The molecule has 4 heteroatoms. The van der Waals surface area contributed by atoms with Crippen molar-refractivity contribution in [3.8, 4) is 0 Å². The third-order valence-corrected chi connectivity index (χ3v) is 12.2. The molecular weight excluding hydrogens is 484 g/mol. The second kappa shape index (κ2) is 12.7. The first-order valence-electron chi connectivity index (χ1n) is 16.5. The zero-order valence-corrected chi connectivity index (χ0v) is 26.1. The van der Waals surface area contributed by atoms with Gasteiger partial charge in [-0.2, -0.15) is 0 Å². The van der Waals surface area contributed by atoms with Gasteiger partial charge in [-0.3, -0.25) is 4.79 Å². The van der Waals surface area contributed by atoms with E-state index in [0.29, 0.717) is 35.2 Å². The number of carbonyl (C=O) groups is 2. The molecule has 0 spiro atoms. The Morgan fingerprint density at radius 2 is 1.62 bits per heavy atom. The lowest BCUT2D eigenvalue weighted by Gasteiger charge is -2.61. The van der Waals surface area contributed by atoms with Gasteiger partial charge in [-0.15, -0.1) is 0 Å². The van der Waals surface area contributed by atoms with E-state index in [-0.39, 0.29) is 18.7 Å². The number of hydrogen-bond acceptors (Lipinski definition) is 4. The average molecular weight is 543 g/mol. The van der Waals surface area contributed by atoms with E-state index in [2.05, 4.69) is 41.2 Å². The minimum Gasteiger partial charge on any atom is -0.462 e. The summed E-state index contributed by atoms with van der Waals surface area (Å²) in [7, 11) is 0. The van der Waals surface area contributed by atoms with E-state index in [1.807, 2.05) is 0 Å². The van der Waals surface area contributed by atoms with Gasteiger partial charge in [0.15, 0.2) is 0 Å². The van der Waals surface area contributed by atoms with Crippen molar-refractivity contribution in [1.29, 1.82) is 0 Å². The first-order chi connectivity index (χ1) is 18.5. The molecule has 39 heavy (non-hydrogen) atoms. The first-order valence-corrected chi connectivity index (χ1v) is 16.5. The molecular formula is C35H58O4. The lowest BCUT2D eigenvalue weighted by Crippen LogP contribution is -2.54. The molecule has 4 rings (SSSR count). The number of rotatable bonds is 11. The van der Waals surface area contributed by atoms with E-state index >= 15 is 0 Å². The van der Waals surface area contributed by atoms with E-state index in [9.17, 15) is 9.59 Å². The van der Waals surface area contributed by atoms with Gasteiger partial charge in [0.05, 0.1) is 6.61 Å². The van der Waals surface area contributed by atoms with Gasteiger partial charge in [0.2, 0.25) is 0 Å². The Balaban J connectivity index is 1.29. The molecule has 0 N–H and O–H groups in total. The third-order valence-electron chi connectivity index (χ3n) is 12.2. The van der Waals surface area contributed by atoms with Crippen LogP contribution in [0.15, 0.2) is 12.2 Å². The van der Waals surface area contributed by atoms with Crippen LogP contribution in [0.5, 0.6) is 0 Å². The van der Waals surface area contributed by atoms with Gasteiger partial charge in [0.1, 0.15) is 6.10 Å². The van der Waals surface area contributed by atoms with E-state index < -0.39 is 5.97 Å². The molecule has 4 nitrogen and oxygen atoms in total. The predicted molar refractivity (Wildman–Crippen MR) is 158 cm³/mol. The van der Waals surface area contributed by atoms with Crippen molar-refractivity contribution in [2.24, 2.45) is 52.3 Å². The second-order valence-corrected chi connectivity index (χ2v) is 15.1. The van der Waals surface area contributed by atoms with Gasteiger partial charge in [0, 0.05) is 12.0 Å². The molecule has 0 aliphatic heterocycles. The van der Waals surface area contributed by atoms with E-state index in [1.165, 1.54) is 64.2 Å². The maximum absolute atomic E-state index is 12.5. The van der Waals surface area contributed by atoms with Gasteiger partial charge in [-0.1, -0.05) is 60.5 Å². The standard InChI is InChI=1S/C35H58O4/c1-23(2)10-8-11-25(5)29-15-16-30-28-14-13-26-22-27(39-32(36)12-9-21-38-33(37)24(3)4)17-19-34(26,6)31(28)18-20-35(29,30)7/h23,25-31H,3,8-22H2,1-2,4-7H3/t25-,26?,27?,28?,29-,30?,31?,34+,35-/m1/s1. The number of fused-ring (bicyclic) bond motifs is 5. The summed E-state index contributed by atoms with van der Waals surface area (Å²) in [6.07, 6.45) is 16.7. The van der Waals surface area contributed by atoms with Crippen molar-refractivity contribution in [1.82, 2.24) is 0 Å². The predicted octanol–water partition coefficient (Wildman–Crippen LogP) is 8.92. The van der Waals surface area contributed by atoms with Crippen molar-refractivity contribution in [2.75, 3.05) is 6.61 Å². The molecule has 4 aliphatic rings. The summed E-state index contributed by atoms with van der Waals surface area (Å²) in [4.78, 5) is 24.0. The number of ether oxygens (including phenoxy) is 2. The molecule has 0 aromatic carbocycles. The summed E-state index contributed by atoms with van der Waals surface area (Å²) in [6.45, 7) is 18.0. The Morgan fingerprint density at radius 3 is 2.33 bits per heavy atom. The molecule has 5 unspecified atom stereocenters. The Bertz CT molecular complexity index is 878. The van der Waals surface area contributed by atoms with Crippen molar-refractivity contribution < 1.29 is 19.1 Å². The molecule has 0 aromatic rings. The Hall–Kier alpha value is -1.32. The van der Waals surface area contributed by atoms with Gasteiger partial charge in [-0.05, 0) is 123 Å². The highest BCUT2D eigenvalue weighted by molar-refractivity contribution is 5.86. The van der Waals surface area contributed by atoms with E-state index in [0.717, 1.165) is 48.3 Å². The van der Waals surface area contributed by atoms with Crippen LogP contribution in [-0.4, -0.2) is 24.6 Å². The molecule has 0 aromatic heterocycles. The van der Waals surface area contributed by atoms with Crippen molar-refractivity contribution in [2.45, 2.75) is 138 Å². The highest BCUT2D eigenvalue weighted by Crippen LogP contribution is 2.68. The third kappa shape index (κ3) is 6.61. The molecule has 0 radical (unpaired) electrons. The van der Waals surface area contributed by atoms with Gasteiger partial charge < -0.3 is 9.47 Å². The zero-order valence-electron chi connectivity index (χ0n) is 26.1. The van der Waals surface area contributed by atoms with Crippen LogP contribution < -0.4 is 0 Å². The monoisotopic (exact) mass is 542 g/mol.